The largest absolute Gasteiger partial charge is 0.384 e. The van der Waals surface area contributed by atoms with E-state index in [2.05, 4.69) is 34.4 Å². The second-order valence-electron chi connectivity index (χ2n) is 6.92. The van der Waals surface area contributed by atoms with Gasteiger partial charge >= 0.3 is 0 Å². The topological polar surface area (TPSA) is 113 Å². The molecule has 4 N–H and O–H groups in total. The van der Waals surface area contributed by atoms with Gasteiger partial charge in [0, 0.05) is 19.0 Å². The number of anilines is 2. The Bertz CT molecular complexity index is 809. The molecular weight excluding hydrogens is 380 g/mol. The van der Waals surface area contributed by atoms with E-state index in [0.717, 1.165) is 19.3 Å². The number of halogens is 1. The second kappa shape index (κ2) is 9.05. The van der Waals surface area contributed by atoms with Gasteiger partial charge in [0.05, 0.1) is 10.7 Å². The molecule has 0 spiro atoms. The summed E-state index contributed by atoms with van der Waals surface area (Å²) in [5.74, 6) is 0.616. The van der Waals surface area contributed by atoms with Gasteiger partial charge in [-0.05, 0) is 25.8 Å². The molecule has 28 heavy (non-hydrogen) atoms. The Labute approximate surface area is 170 Å². The third-order valence-corrected chi connectivity index (χ3v) is 5.42. The van der Waals surface area contributed by atoms with E-state index in [1.54, 1.807) is 0 Å². The van der Waals surface area contributed by atoms with Gasteiger partial charge in [0.1, 0.15) is 29.3 Å². The fraction of sp³-hybridized carbons (Fsp3) is 0.474. The molecule has 1 amide bonds. The first-order chi connectivity index (χ1) is 13.3. The van der Waals surface area contributed by atoms with Crippen LogP contribution in [-0.2, 0) is 9.59 Å². The lowest BCUT2D eigenvalue weighted by Gasteiger charge is -2.40. The highest BCUT2D eigenvalue weighted by atomic mass is 35.5. The molecule has 2 rings (SSSR count). The highest BCUT2D eigenvalue weighted by molar-refractivity contribution is 6.33. The number of hydrogen-bond donors (Lipinski definition) is 3. The van der Waals surface area contributed by atoms with Crippen molar-refractivity contribution in [3.8, 4) is 0 Å². The lowest BCUT2D eigenvalue weighted by Crippen LogP contribution is -2.53. The molecule has 152 valence electrons. The number of carbonyl (C=O) groups excluding carboxylic acids is 2. The Balaban J connectivity index is 2.35. The van der Waals surface area contributed by atoms with Gasteiger partial charge in [0.15, 0.2) is 6.29 Å². The molecule has 1 saturated heterocycles. The van der Waals surface area contributed by atoms with Crippen molar-refractivity contribution in [3.05, 3.63) is 34.9 Å². The molecule has 2 heterocycles. The molecule has 0 bridgehead atoms. The van der Waals surface area contributed by atoms with Crippen LogP contribution in [0.2, 0.25) is 0 Å². The molecule has 2 unspecified atom stereocenters. The van der Waals surface area contributed by atoms with Crippen molar-refractivity contribution < 1.29 is 9.59 Å². The minimum absolute atomic E-state index is 0.144. The number of rotatable bonds is 8. The summed E-state index contributed by atoms with van der Waals surface area (Å²) < 4.78 is 0. The Morgan fingerprint density at radius 2 is 2.18 bits per heavy atom. The van der Waals surface area contributed by atoms with Crippen LogP contribution in [0.5, 0.6) is 0 Å². The summed E-state index contributed by atoms with van der Waals surface area (Å²) in [6.45, 7) is 6.23. The molecule has 1 aliphatic heterocycles. The summed E-state index contributed by atoms with van der Waals surface area (Å²) >= 11 is 6.44. The maximum Gasteiger partial charge on any atom is 0.270 e. The molecule has 1 fully saturated rings. The normalized spacial score (nSPS) is 22.7. The van der Waals surface area contributed by atoms with E-state index in [-0.39, 0.29) is 28.4 Å². The second-order valence-corrected chi connectivity index (χ2v) is 7.33. The van der Waals surface area contributed by atoms with E-state index in [1.807, 2.05) is 18.9 Å². The van der Waals surface area contributed by atoms with Crippen molar-refractivity contribution in [1.82, 2.24) is 20.2 Å². The van der Waals surface area contributed by atoms with E-state index >= 15 is 0 Å². The van der Waals surface area contributed by atoms with Crippen LogP contribution in [0.4, 0.5) is 11.6 Å². The highest BCUT2D eigenvalue weighted by Gasteiger charge is 2.47. The number of aldehydes is 1. The molecule has 1 aromatic rings. The Morgan fingerprint density at radius 3 is 2.75 bits per heavy atom. The van der Waals surface area contributed by atoms with E-state index in [9.17, 15) is 9.59 Å². The number of nitrogens with one attached hydrogen (secondary N) is 2. The zero-order valence-corrected chi connectivity index (χ0v) is 17.4. The van der Waals surface area contributed by atoms with Gasteiger partial charge in [-0.25, -0.2) is 9.97 Å². The first kappa shape index (κ1) is 21.7. The Morgan fingerprint density at radius 1 is 1.46 bits per heavy atom. The first-order valence-corrected chi connectivity index (χ1v) is 9.62. The maximum absolute atomic E-state index is 12.7. The van der Waals surface area contributed by atoms with E-state index < -0.39 is 5.66 Å². The first-order valence-electron chi connectivity index (χ1n) is 9.24. The van der Waals surface area contributed by atoms with E-state index in [0.29, 0.717) is 17.8 Å². The minimum atomic E-state index is -0.541. The van der Waals surface area contributed by atoms with Crippen LogP contribution in [0.1, 0.15) is 40.0 Å². The van der Waals surface area contributed by atoms with Gasteiger partial charge in [-0.2, -0.15) is 0 Å². The molecule has 0 saturated carbocycles. The predicted molar refractivity (Wildman–Crippen MR) is 110 cm³/mol. The summed E-state index contributed by atoms with van der Waals surface area (Å²) in [5.41, 5.74) is 5.54. The lowest BCUT2D eigenvalue weighted by molar-refractivity contribution is -0.117. The third-order valence-electron chi connectivity index (χ3n) is 5.13. The van der Waals surface area contributed by atoms with Gasteiger partial charge in [0.2, 0.25) is 0 Å². The van der Waals surface area contributed by atoms with Gasteiger partial charge in [-0.1, -0.05) is 31.9 Å². The summed E-state index contributed by atoms with van der Waals surface area (Å²) in [6, 6.07) is 1.49. The van der Waals surface area contributed by atoms with Crippen molar-refractivity contribution in [2.24, 2.45) is 5.92 Å². The zero-order chi connectivity index (χ0) is 20.9. The summed E-state index contributed by atoms with van der Waals surface area (Å²) in [5, 5.41) is 6.05. The minimum Gasteiger partial charge on any atom is -0.384 e. The van der Waals surface area contributed by atoms with Gasteiger partial charge in [0.25, 0.3) is 5.91 Å². The molecule has 0 radical (unpaired) electrons. The molecule has 0 aliphatic carbocycles. The number of amides is 1. The van der Waals surface area contributed by atoms with Gasteiger partial charge in [-0.3, -0.25) is 9.59 Å². The quantitative estimate of drug-likeness (QED) is 0.449. The average molecular weight is 407 g/mol. The van der Waals surface area contributed by atoms with Gasteiger partial charge < -0.3 is 21.3 Å². The van der Waals surface area contributed by atoms with Crippen molar-refractivity contribution in [1.29, 1.82) is 0 Å². The van der Waals surface area contributed by atoms with Crippen LogP contribution in [-0.4, -0.2) is 39.8 Å². The molecule has 0 aromatic carbocycles. The van der Waals surface area contributed by atoms with Crippen LogP contribution in [0.25, 0.3) is 0 Å². The monoisotopic (exact) mass is 406 g/mol. The van der Waals surface area contributed by atoms with Crippen LogP contribution in [0.3, 0.4) is 0 Å². The number of nitrogens with two attached hydrogens (primary N) is 1. The van der Waals surface area contributed by atoms with Crippen molar-refractivity contribution >= 4 is 35.4 Å². The number of carbonyl (C=O) groups is 2. The van der Waals surface area contributed by atoms with E-state index in [4.69, 9.17) is 17.3 Å². The fourth-order valence-corrected chi connectivity index (χ4v) is 3.86. The Kier molecular flexibility index (Phi) is 7.01. The fourth-order valence-electron chi connectivity index (χ4n) is 3.53. The average Bonchev–Trinajstić information content (AvgIpc) is 2.88. The van der Waals surface area contributed by atoms with Crippen LogP contribution in [0.15, 0.2) is 34.9 Å². The molecule has 1 aromatic heterocycles. The number of nitrogens with zero attached hydrogens (tertiary/aromatic N) is 3. The van der Waals surface area contributed by atoms with Crippen LogP contribution >= 0.6 is 11.6 Å². The van der Waals surface area contributed by atoms with Gasteiger partial charge in [-0.15, -0.1) is 0 Å². The SMILES string of the molecule is CCCC(CC)C1(C)NC(=O)/C(=C(Cl)/C=C(\C=O)Nc2cc(N)ncn2)N1C. The number of nitrogen functional groups attached to an aromatic ring is 1. The molecule has 1 aliphatic rings. The molecule has 9 heteroatoms. The standard InChI is InChI=1S/C19H27ClN6O2/c1-5-7-12(6-2)19(3)25-18(28)17(26(19)4)14(20)8-13(10-27)24-16-9-15(21)22-11-23-16/h8-12H,5-7H2,1-4H3,(H,25,28)(H3,21,22,23,24)/b13-8+,17-14+. The van der Waals surface area contributed by atoms with E-state index in [1.165, 1.54) is 18.5 Å². The summed E-state index contributed by atoms with van der Waals surface area (Å²) in [4.78, 5) is 33.8. The lowest BCUT2D eigenvalue weighted by atomic mass is 9.87. The molecular formula is C19H27ClN6O2. The maximum atomic E-state index is 12.7. The van der Waals surface area contributed by atoms with Crippen molar-refractivity contribution in [3.63, 3.8) is 0 Å². The zero-order valence-electron chi connectivity index (χ0n) is 16.6. The Hall–Kier alpha value is -2.61. The molecule has 8 nitrogen and oxygen atoms in total. The highest BCUT2D eigenvalue weighted by Crippen LogP contribution is 2.36. The summed E-state index contributed by atoms with van der Waals surface area (Å²) in [6.07, 6.45) is 6.21. The van der Waals surface area contributed by atoms with Crippen LogP contribution < -0.4 is 16.4 Å². The molecule has 2 atom stereocenters. The predicted octanol–water partition coefficient (Wildman–Crippen LogP) is 2.61. The number of hydrogen-bond acceptors (Lipinski definition) is 7. The summed E-state index contributed by atoms with van der Waals surface area (Å²) in [7, 11) is 1.83. The third kappa shape index (κ3) is 4.44. The van der Waals surface area contributed by atoms with Crippen molar-refractivity contribution in [2.75, 3.05) is 18.1 Å². The number of likely N-dealkylation sites (N-methyl/N-ethyl adjacent to an activating group) is 1. The smallest absolute Gasteiger partial charge is 0.270 e. The number of aromatic nitrogens is 2. The van der Waals surface area contributed by atoms with Crippen LogP contribution in [0, 0.1) is 5.92 Å². The number of allylic oxidation sites excluding steroid dienone is 3. The van der Waals surface area contributed by atoms with Crippen molar-refractivity contribution in [2.45, 2.75) is 45.7 Å².